The van der Waals surface area contributed by atoms with Crippen molar-refractivity contribution in [2.45, 2.75) is 108 Å². The molecular weight excluding hydrogens is 711 g/mol. The summed E-state index contributed by atoms with van der Waals surface area (Å²) in [5.74, 6) is -2.02. The van der Waals surface area contributed by atoms with Crippen LogP contribution in [0.5, 0.6) is 0 Å². The summed E-state index contributed by atoms with van der Waals surface area (Å²) in [6, 6.07) is 15.9. The fraction of sp³-hybridized carbons (Fsp3) is 0.541. The molecule has 10 heteroatoms. The summed E-state index contributed by atoms with van der Waals surface area (Å²) in [6.07, 6.45) is 7.85. The van der Waals surface area contributed by atoms with Gasteiger partial charge in [0.15, 0.2) is 5.79 Å². The third-order valence-corrected chi connectivity index (χ3v) is 9.54. The molecule has 2 aliphatic rings. The Bertz CT molecular complexity index is 1360. The van der Waals surface area contributed by atoms with E-state index in [-0.39, 0.29) is 31.4 Å². The molecule has 2 amide bonds. The van der Waals surface area contributed by atoms with Crippen molar-refractivity contribution in [3.8, 4) is 0 Å². The molecule has 47 heavy (non-hydrogen) atoms. The molecule has 1 aliphatic heterocycles. The van der Waals surface area contributed by atoms with E-state index in [0.29, 0.717) is 17.6 Å². The number of carbonyl (C=O) groups is 3. The van der Waals surface area contributed by atoms with Crippen molar-refractivity contribution in [2.75, 3.05) is 20.2 Å². The Labute approximate surface area is 292 Å². The van der Waals surface area contributed by atoms with Gasteiger partial charge in [-0.3, -0.25) is 9.59 Å². The number of likely N-dealkylation sites (N-methyl/N-ethyl adjacent to an activating group) is 1. The minimum absolute atomic E-state index is 0.0817. The van der Waals surface area contributed by atoms with Crippen LogP contribution in [0.15, 0.2) is 66.2 Å². The lowest BCUT2D eigenvalue weighted by Gasteiger charge is -2.33. The zero-order valence-corrected chi connectivity index (χ0v) is 29.9. The van der Waals surface area contributed by atoms with Gasteiger partial charge in [0.1, 0.15) is 24.4 Å². The Kier molecular flexibility index (Phi) is 14.3. The largest absolute Gasteiger partial charge is 0.456 e. The molecule has 256 valence electrons. The third kappa shape index (κ3) is 10.1. The van der Waals surface area contributed by atoms with Crippen LogP contribution in [0.25, 0.3) is 0 Å². The summed E-state index contributed by atoms with van der Waals surface area (Å²) < 4.78 is 20.5. The number of aliphatic hydroxyl groups excluding tert-OH is 1. The Morgan fingerprint density at radius 3 is 2.36 bits per heavy atom. The van der Waals surface area contributed by atoms with Gasteiger partial charge in [-0.05, 0) is 65.3 Å². The molecule has 4 unspecified atom stereocenters. The highest BCUT2D eigenvalue weighted by Crippen LogP contribution is 2.43. The fourth-order valence-corrected chi connectivity index (χ4v) is 6.86. The van der Waals surface area contributed by atoms with Gasteiger partial charge in [-0.15, -0.1) is 0 Å². The van der Waals surface area contributed by atoms with Crippen molar-refractivity contribution in [1.82, 2.24) is 10.2 Å². The number of halogens is 1. The van der Waals surface area contributed by atoms with Crippen LogP contribution in [0, 0.1) is 3.57 Å². The van der Waals surface area contributed by atoms with E-state index < -0.39 is 36.1 Å². The van der Waals surface area contributed by atoms with Crippen molar-refractivity contribution >= 4 is 40.4 Å². The number of carbonyl (C=O) groups excluding carboxylic acids is 3. The third-order valence-electron chi connectivity index (χ3n) is 8.87. The average molecular weight is 761 g/mol. The van der Waals surface area contributed by atoms with Gasteiger partial charge in [-0.1, -0.05) is 75.9 Å². The van der Waals surface area contributed by atoms with Crippen molar-refractivity contribution in [1.29, 1.82) is 0 Å². The van der Waals surface area contributed by atoms with Crippen LogP contribution in [0.1, 0.15) is 87.6 Å². The van der Waals surface area contributed by atoms with E-state index in [1.54, 1.807) is 19.2 Å². The van der Waals surface area contributed by atoms with Crippen LogP contribution < -0.4 is 5.32 Å². The standard InChI is InChI=1S/C37H49IN2O7/c1-4-6-11-18-37(19-12-7-5-2)46-32-25-28(24-31(33(32)47-37)45-36(44)27-16-13-17-29(38)23-27)35(43)40(3)30(34(42)39-20-21-41)22-26-14-9-8-10-15-26/h8-10,13-17,23,25,30-33,41H,4-7,11-12,18-22,24H2,1-3H3,(H,39,42). The molecule has 9 nitrogen and oxygen atoms in total. The number of nitrogens with one attached hydrogen (secondary N) is 1. The number of rotatable bonds is 17. The lowest BCUT2D eigenvalue weighted by Crippen LogP contribution is -2.51. The maximum atomic E-state index is 14.2. The van der Waals surface area contributed by atoms with Crippen molar-refractivity contribution in [2.24, 2.45) is 0 Å². The lowest BCUT2D eigenvalue weighted by molar-refractivity contribution is -0.190. The second kappa shape index (κ2) is 18.1. The van der Waals surface area contributed by atoms with Crippen LogP contribution in [0.3, 0.4) is 0 Å². The molecule has 2 aromatic carbocycles. The monoisotopic (exact) mass is 760 g/mol. The van der Waals surface area contributed by atoms with Crippen LogP contribution in [-0.2, 0) is 30.2 Å². The summed E-state index contributed by atoms with van der Waals surface area (Å²) in [5.41, 5.74) is 1.73. The van der Waals surface area contributed by atoms with Gasteiger partial charge in [0, 0.05) is 48.4 Å². The first-order chi connectivity index (χ1) is 22.7. The van der Waals surface area contributed by atoms with E-state index in [4.69, 9.17) is 14.2 Å². The number of ether oxygens (including phenoxy) is 3. The molecule has 1 aliphatic carbocycles. The van der Waals surface area contributed by atoms with E-state index in [0.717, 1.165) is 60.5 Å². The highest BCUT2D eigenvalue weighted by atomic mass is 127. The molecule has 2 aromatic rings. The van der Waals surface area contributed by atoms with E-state index in [2.05, 4.69) is 41.8 Å². The smallest absolute Gasteiger partial charge is 0.338 e. The van der Waals surface area contributed by atoms with Gasteiger partial charge < -0.3 is 29.5 Å². The molecule has 1 saturated heterocycles. The molecule has 1 heterocycles. The maximum Gasteiger partial charge on any atom is 0.338 e. The average Bonchev–Trinajstić information content (AvgIpc) is 3.44. The lowest BCUT2D eigenvalue weighted by atomic mass is 9.90. The number of amides is 2. The maximum absolute atomic E-state index is 14.2. The summed E-state index contributed by atoms with van der Waals surface area (Å²) in [7, 11) is 1.61. The Balaban J connectivity index is 1.64. The number of unbranched alkanes of at least 4 members (excludes halogenated alkanes) is 4. The van der Waals surface area contributed by atoms with Gasteiger partial charge in [0.25, 0.3) is 0 Å². The van der Waals surface area contributed by atoms with Crippen LogP contribution in [-0.4, -0.2) is 78.1 Å². The topological polar surface area (TPSA) is 114 Å². The van der Waals surface area contributed by atoms with Gasteiger partial charge in [-0.25, -0.2) is 4.79 Å². The molecule has 0 saturated carbocycles. The Morgan fingerprint density at radius 1 is 1.02 bits per heavy atom. The SMILES string of the molecule is CCCCCC1(CCCCC)OC2C=C(C(=O)N(C)C(Cc3ccccc3)C(=O)NCCO)CC(OC(=O)c3cccc(I)c3)C2O1. The van der Waals surface area contributed by atoms with Crippen molar-refractivity contribution in [3.05, 3.63) is 80.9 Å². The number of hydrogen-bond donors (Lipinski definition) is 2. The van der Waals surface area contributed by atoms with Crippen molar-refractivity contribution in [3.63, 3.8) is 0 Å². The van der Waals surface area contributed by atoms with E-state index in [9.17, 15) is 19.5 Å². The molecule has 0 aromatic heterocycles. The molecule has 0 radical (unpaired) electrons. The highest BCUT2D eigenvalue weighted by Gasteiger charge is 2.52. The van der Waals surface area contributed by atoms with E-state index in [1.807, 2.05) is 48.5 Å². The summed E-state index contributed by atoms with van der Waals surface area (Å²) in [6.45, 7) is 4.19. The van der Waals surface area contributed by atoms with Gasteiger partial charge in [0.2, 0.25) is 11.8 Å². The summed E-state index contributed by atoms with van der Waals surface area (Å²) in [5, 5.41) is 12.1. The number of hydrogen-bond acceptors (Lipinski definition) is 7. The first kappa shape index (κ1) is 37.0. The minimum atomic E-state index is -0.828. The number of esters is 1. The predicted octanol–water partition coefficient (Wildman–Crippen LogP) is 5.97. The molecule has 2 N–H and O–H groups in total. The summed E-state index contributed by atoms with van der Waals surface area (Å²) >= 11 is 2.16. The zero-order chi connectivity index (χ0) is 33.8. The zero-order valence-electron chi connectivity index (χ0n) is 27.8. The Hall–Kier alpha value is -2.80. The molecule has 4 rings (SSSR count). The number of nitrogens with zero attached hydrogens (tertiary/aromatic N) is 1. The van der Waals surface area contributed by atoms with Crippen LogP contribution in [0.4, 0.5) is 0 Å². The minimum Gasteiger partial charge on any atom is -0.456 e. The normalized spacial score (nSPS) is 20.5. The van der Waals surface area contributed by atoms with Crippen LogP contribution in [0.2, 0.25) is 0 Å². The molecule has 0 bridgehead atoms. The number of aliphatic hydroxyl groups is 1. The van der Waals surface area contributed by atoms with E-state index in [1.165, 1.54) is 4.90 Å². The van der Waals surface area contributed by atoms with E-state index >= 15 is 0 Å². The van der Waals surface area contributed by atoms with Crippen LogP contribution >= 0.6 is 22.6 Å². The number of fused-ring (bicyclic) bond motifs is 1. The van der Waals surface area contributed by atoms with Gasteiger partial charge in [-0.2, -0.15) is 0 Å². The van der Waals surface area contributed by atoms with Gasteiger partial charge in [0.05, 0.1) is 12.2 Å². The predicted molar refractivity (Wildman–Crippen MR) is 189 cm³/mol. The Morgan fingerprint density at radius 2 is 1.72 bits per heavy atom. The van der Waals surface area contributed by atoms with Gasteiger partial charge >= 0.3 is 5.97 Å². The fourth-order valence-electron chi connectivity index (χ4n) is 6.32. The second-order valence-electron chi connectivity index (χ2n) is 12.5. The van der Waals surface area contributed by atoms with Crippen molar-refractivity contribution < 1.29 is 33.7 Å². The molecular formula is C37H49IN2O7. The molecule has 0 spiro atoms. The number of benzene rings is 2. The quantitative estimate of drug-likeness (QED) is 0.116. The molecule has 4 atom stereocenters. The first-order valence-electron chi connectivity index (χ1n) is 16.9. The summed E-state index contributed by atoms with van der Waals surface area (Å²) in [4.78, 5) is 42.4. The first-order valence-corrected chi connectivity index (χ1v) is 18.0. The second-order valence-corrected chi connectivity index (χ2v) is 13.7. The molecule has 1 fully saturated rings. The highest BCUT2D eigenvalue weighted by molar-refractivity contribution is 14.1.